The van der Waals surface area contributed by atoms with Gasteiger partial charge in [0.1, 0.15) is 5.75 Å². The Bertz CT molecular complexity index is 775. The number of benzene rings is 2. The molecule has 0 atom stereocenters. The van der Waals surface area contributed by atoms with Gasteiger partial charge in [0, 0.05) is 29.4 Å². The summed E-state index contributed by atoms with van der Waals surface area (Å²) in [5.74, 6) is -2.29. The van der Waals surface area contributed by atoms with Crippen molar-refractivity contribution in [2.45, 2.75) is 13.3 Å². The lowest BCUT2D eigenvalue weighted by Gasteiger charge is -2.17. The predicted molar refractivity (Wildman–Crippen MR) is 78.1 cm³/mol. The Morgan fingerprint density at radius 3 is 2.82 bits per heavy atom. The molecule has 0 radical (unpaired) electrons. The normalized spacial score (nSPS) is 13.5. The van der Waals surface area contributed by atoms with Crippen LogP contribution in [0.5, 0.6) is 11.5 Å². The van der Waals surface area contributed by atoms with Crippen molar-refractivity contribution in [2.24, 2.45) is 0 Å². The van der Waals surface area contributed by atoms with Crippen LogP contribution in [0.3, 0.4) is 0 Å². The van der Waals surface area contributed by atoms with Gasteiger partial charge in [-0.05, 0) is 31.0 Å². The van der Waals surface area contributed by atoms with Crippen molar-refractivity contribution in [2.75, 3.05) is 12.3 Å². The summed E-state index contributed by atoms with van der Waals surface area (Å²) in [5.41, 5.74) is 6.98. The summed E-state index contributed by atoms with van der Waals surface area (Å²) in [7, 11) is 0. The first kappa shape index (κ1) is 14.3. The average molecular weight is 304 g/mol. The third kappa shape index (κ3) is 2.36. The van der Waals surface area contributed by atoms with Crippen LogP contribution >= 0.6 is 0 Å². The fourth-order valence-corrected chi connectivity index (χ4v) is 2.38. The van der Waals surface area contributed by atoms with Crippen LogP contribution in [0.2, 0.25) is 0 Å². The monoisotopic (exact) mass is 304 g/mol. The van der Waals surface area contributed by atoms with E-state index in [0.717, 1.165) is 11.6 Å². The van der Waals surface area contributed by atoms with E-state index < -0.39 is 17.4 Å². The van der Waals surface area contributed by atoms with Crippen molar-refractivity contribution in [3.05, 3.63) is 52.6 Å². The van der Waals surface area contributed by atoms with E-state index in [2.05, 4.69) is 5.32 Å². The maximum Gasteiger partial charge on any atom is 0.251 e. The Kier molecular flexibility index (Phi) is 3.44. The van der Waals surface area contributed by atoms with Crippen LogP contribution in [0.15, 0.2) is 24.3 Å². The van der Waals surface area contributed by atoms with Crippen molar-refractivity contribution >= 4 is 11.6 Å². The average Bonchev–Trinajstić information content (AvgIpc) is 2.50. The molecule has 0 saturated carbocycles. The predicted octanol–water partition coefficient (Wildman–Crippen LogP) is 2.93. The molecular formula is C16H14F2N2O2. The van der Waals surface area contributed by atoms with Crippen LogP contribution in [0.1, 0.15) is 21.5 Å². The molecule has 0 aromatic heterocycles. The van der Waals surface area contributed by atoms with E-state index in [-0.39, 0.29) is 22.9 Å². The zero-order chi connectivity index (χ0) is 15.9. The first-order chi connectivity index (χ1) is 10.5. The standard InChI is InChI=1S/C16H14F2N2O2/c1-8-13(19)7-12(17)15(14(8)18)22-10-3-2-9-4-5-20-16(21)11(9)6-10/h2-3,6-7H,4-5,19H2,1H3,(H,20,21). The van der Waals surface area contributed by atoms with Gasteiger partial charge < -0.3 is 15.8 Å². The summed E-state index contributed by atoms with van der Waals surface area (Å²) in [6, 6.07) is 5.80. The molecule has 0 aliphatic carbocycles. The molecular weight excluding hydrogens is 290 g/mol. The van der Waals surface area contributed by atoms with Gasteiger partial charge in [0.25, 0.3) is 5.91 Å². The second-order valence-corrected chi connectivity index (χ2v) is 5.14. The van der Waals surface area contributed by atoms with E-state index in [1.165, 1.54) is 13.0 Å². The van der Waals surface area contributed by atoms with E-state index in [9.17, 15) is 13.6 Å². The van der Waals surface area contributed by atoms with Crippen LogP contribution < -0.4 is 15.8 Å². The maximum atomic E-state index is 14.1. The quantitative estimate of drug-likeness (QED) is 0.838. The van der Waals surface area contributed by atoms with E-state index in [4.69, 9.17) is 10.5 Å². The summed E-state index contributed by atoms with van der Waals surface area (Å²) in [6.45, 7) is 2.02. The molecule has 1 heterocycles. The molecule has 1 aliphatic heterocycles. The van der Waals surface area contributed by atoms with E-state index >= 15 is 0 Å². The van der Waals surface area contributed by atoms with Crippen molar-refractivity contribution in [1.29, 1.82) is 0 Å². The highest BCUT2D eigenvalue weighted by molar-refractivity contribution is 5.97. The van der Waals surface area contributed by atoms with Crippen LogP contribution in [0.25, 0.3) is 0 Å². The highest BCUT2D eigenvalue weighted by atomic mass is 19.1. The van der Waals surface area contributed by atoms with Crippen LogP contribution in [0.4, 0.5) is 14.5 Å². The zero-order valence-electron chi connectivity index (χ0n) is 11.9. The Balaban J connectivity index is 1.99. The minimum absolute atomic E-state index is 0.0205. The van der Waals surface area contributed by atoms with Crippen molar-refractivity contribution < 1.29 is 18.3 Å². The number of fused-ring (bicyclic) bond motifs is 1. The second kappa shape index (κ2) is 5.29. The molecule has 0 spiro atoms. The maximum absolute atomic E-state index is 14.1. The van der Waals surface area contributed by atoms with Crippen molar-refractivity contribution in [3.63, 3.8) is 0 Å². The lowest BCUT2D eigenvalue weighted by molar-refractivity contribution is 0.0945. The molecule has 3 rings (SSSR count). The lowest BCUT2D eigenvalue weighted by Crippen LogP contribution is -2.31. The Morgan fingerprint density at radius 1 is 1.27 bits per heavy atom. The summed E-state index contributed by atoms with van der Waals surface area (Å²) in [4.78, 5) is 11.8. The molecule has 2 aromatic rings. The smallest absolute Gasteiger partial charge is 0.251 e. The number of nitrogen functional groups attached to an aromatic ring is 1. The molecule has 2 aromatic carbocycles. The largest absolute Gasteiger partial charge is 0.451 e. The number of carbonyl (C=O) groups is 1. The topological polar surface area (TPSA) is 64.3 Å². The molecule has 114 valence electrons. The molecule has 3 N–H and O–H groups in total. The van der Waals surface area contributed by atoms with Gasteiger partial charge in [-0.15, -0.1) is 0 Å². The number of hydrogen-bond donors (Lipinski definition) is 2. The van der Waals surface area contributed by atoms with E-state index in [1.54, 1.807) is 12.1 Å². The minimum Gasteiger partial charge on any atom is -0.451 e. The molecule has 0 fully saturated rings. The van der Waals surface area contributed by atoms with Crippen molar-refractivity contribution in [3.8, 4) is 11.5 Å². The number of halogens is 2. The molecule has 6 heteroatoms. The number of anilines is 1. The highest BCUT2D eigenvalue weighted by Crippen LogP contribution is 2.33. The minimum atomic E-state index is -0.886. The first-order valence-electron chi connectivity index (χ1n) is 6.80. The lowest BCUT2D eigenvalue weighted by atomic mass is 10.0. The van der Waals surface area contributed by atoms with Crippen LogP contribution in [-0.2, 0) is 6.42 Å². The highest BCUT2D eigenvalue weighted by Gasteiger charge is 2.20. The number of nitrogens with one attached hydrogen (secondary N) is 1. The fraction of sp³-hybridized carbons (Fsp3) is 0.188. The van der Waals surface area contributed by atoms with Gasteiger partial charge in [0.2, 0.25) is 0 Å². The Hall–Kier alpha value is -2.63. The number of carbonyl (C=O) groups excluding carboxylic acids is 1. The molecule has 4 nitrogen and oxygen atoms in total. The molecule has 0 unspecified atom stereocenters. The van der Waals surface area contributed by atoms with Crippen molar-refractivity contribution in [1.82, 2.24) is 5.32 Å². The van der Waals surface area contributed by atoms with Gasteiger partial charge >= 0.3 is 0 Å². The summed E-state index contributed by atoms with van der Waals surface area (Å²) in [6.07, 6.45) is 0.713. The fourth-order valence-electron chi connectivity index (χ4n) is 2.38. The summed E-state index contributed by atoms with van der Waals surface area (Å²) >= 11 is 0. The molecule has 0 bridgehead atoms. The Morgan fingerprint density at radius 2 is 2.05 bits per heavy atom. The number of hydrogen-bond acceptors (Lipinski definition) is 3. The van der Waals surface area contributed by atoms with E-state index in [0.29, 0.717) is 18.5 Å². The van der Waals surface area contributed by atoms with E-state index in [1.807, 2.05) is 0 Å². The number of nitrogens with two attached hydrogens (primary N) is 1. The zero-order valence-corrected chi connectivity index (χ0v) is 11.9. The SMILES string of the molecule is Cc1c(N)cc(F)c(Oc2ccc3c(c2)C(=O)NCC3)c1F. The third-order valence-electron chi connectivity index (χ3n) is 3.69. The number of ether oxygens (including phenoxy) is 1. The van der Waals surface area contributed by atoms with Crippen LogP contribution in [-0.4, -0.2) is 12.5 Å². The first-order valence-corrected chi connectivity index (χ1v) is 6.80. The molecule has 1 aliphatic rings. The second-order valence-electron chi connectivity index (χ2n) is 5.14. The van der Waals surface area contributed by atoms with Gasteiger partial charge in [-0.1, -0.05) is 6.07 Å². The summed E-state index contributed by atoms with van der Waals surface area (Å²) in [5, 5.41) is 2.71. The molecule has 22 heavy (non-hydrogen) atoms. The summed E-state index contributed by atoms with van der Waals surface area (Å²) < 4.78 is 33.3. The molecule has 0 saturated heterocycles. The van der Waals surface area contributed by atoms with Crippen LogP contribution in [0, 0.1) is 18.6 Å². The molecule has 1 amide bonds. The van der Waals surface area contributed by atoms with Gasteiger partial charge in [0.05, 0.1) is 0 Å². The third-order valence-corrected chi connectivity index (χ3v) is 3.69. The number of amides is 1. The van der Waals surface area contributed by atoms with Gasteiger partial charge in [0.15, 0.2) is 17.4 Å². The van der Waals surface area contributed by atoms with Gasteiger partial charge in [-0.25, -0.2) is 8.78 Å². The number of rotatable bonds is 2. The van der Waals surface area contributed by atoms with Gasteiger partial charge in [-0.2, -0.15) is 0 Å². The van der Waals surface area contributed by atoms with Gasteiger partial charge in [-0.3, -0.25) is 4.79 Å². The Labute approximate surface area is 125 Å².